The van der Waals surface area contributed by atoms with Gasteiger partial charge in [0.2, 0.25) is 0 Å². The van der Waals surface area contributed by atoms with Crippen LogP contribution in [-0.4, -0.2) is 21.1 Å². The summed E-state index contributed by atoms with van der Waals surface area (Å²) in [5.41, 5.74) is 2.71. The molecule has 3 nitrogen and oxygen atoms in total. The first-order valence-corrected chi connectivity index (χ1v) is 4.51. The standard InChI is InChI=1S/C11H12N2O/c1-9(8-14)6-10-7-13-5-3-2-4-11(13)12-10/h2-7,14H,8H2,1H3. The monoisotopic (exact) mass is 188 g/mol. The van der Waals surface area contributed by atoms with Crippen LogP contribution in [0.1, 0.15) is 12.6 Å². The Balaban J connectivity index is 2.45. The Hall–Kier alpha value is -1.61. The molecule has 0 atom stereocenters. The number of aliphatic hydroxyl groups is 1. The Kier molecular flexibility index (Phi) is 2.33. The number of rotatable bonds is 2. The summed E-state index contributed by atoms with van der Waals surface area (Å²) in [4.78, 5) is 4.38. The van der Waals surface area contributed by atoms with Crippen LogP contribution < -0.4 is 0 Å². The van der Waals surface area contributed by atoms with E-state index in [0.717, 1.165) is 16.9 Å². The van der Waals surface area contributed by atoms with E-state index in [2.05, 4.69) is 4.98 Å². The minimum atomic E-state index is 0.0773. The summed E-state index contributed by atoms with van der Waals surface area (Å²) in [5, 5.41) is 8.87. The van der Waals surface area contributed by atoms with Crippen molar-refractivity contribution in [1.29, 1.82) is 0 Å². The topological polar surface area (TPSA) is 37.5 Å². The molecule has 2 aromatic heterocycles. The van der Waals surface area contributed by atoms with Gasteiger partial charge in [-0.2, -0.15) is 0 Å². The number of aliphatic hydroxyl groups excluding tert-OH is 1. The normalized spacial score (nSPS) is 12.3. The fourth-order valence-corrected chi connectivity index (χ4v) is 1.32. The molecule has 72 valence electrons. The third-order valence-electron chi connectivity index (χ3n) is 2.03. The Morgan fingerprint density at radius 1 is 1.57 bits per heavy atom. The largest absolute Gasteiger partial charge is 0.392 e. The fraction of sp³-hybridized carbons (Fsp3) is 0.182. The molecule has 0 aromatic carbocycles. The van der Waals surface area contributed by atoms with Crippen LogP contribution in [0.5, 0.6) is 0 Å². The van der Waals surface area contributed by atoms with Crippen LogP contribution in [0.15, 0.2) is 36.2 Å². The van der Waals surface area contributed by atoms with Crippen LogP contribution >= 0.6 is 0 Å². The molecule has 1 N–H and O–H groups in total. The summed E-state index contributed by atoms with van der Waals surface area (Å²) in [6.45, 7) is 1.96. The van der Waals surface area contributed by atoms with Crippen LogP contribution in [0, 0.1) is 0 Å². The van der Waals surface area contributed by atoms with Crippen LogP contribution in [0.4, 0.5) is 0 Å². The van der Waals surface area contributed by atoms with Crippen molar-refractivity contribution in [1.82, 2.24) is 9.38 Å². The second kappa shape index (κ2) is 3.64. The highest BCUT2D eigenvalue weighted by molar-refractivity contribution is 5.53. The number of aromatic nitrogens is 2. The zero-order chi connectivity index (χ0) is 9.97. The summed E-state index contributed by atoms with van der Waals surface area (Å²) >= 11 is 0. The van der Waals surface area contributed by atoms with E-state index >= 15 is 0 Å². The first-order chi connectivity index (χ1) is 6.79. The zero-order valence-corrected chi connectivity index (χ0v) is 8.01. The molecule has 0 aliphatic heterocycles. The van der Waals surface area contributed by atoms with Crippen molar-refractivity contribution in [3.8, 4) is 0 Å². The molecule has 14 heavy (non-hydrogen) atoms. The molecule has 2 rings (SSSR count). The third-order valence-corrected chi connectivity index (χ3v) is 2.03. The van der Waals surface area contributed by atoms with Gasteiger partial charge in [0.15, 0.2) is 0 Å². The molecule has 0 amide bonds. The van der Waals surface area contributed by atoms with Gasteiger partial charge in [-0.1, -0.05) is 6.07 Å². The summed E-state index contributed by atoms with van der Waals surface area (Å²) in [5.74, 6) is 0. The van der Waals surface area contributed by atoms with Crippen molar-refractivity contribution in [2.75, 3.05) is 6.61 Å². The molecule has 0 aliphatic rings. The highest BCUT2D eigenvalue weighted by Crippen LogP contribution is 2.08. The summed E-state index contributed by atoms with van der Waals surface area (Å²) in [7, 11) is 0. The predicted octanol–water partition coefficient (Wildman–Crippen LogP) is 1.73. The molecule has 0 unspecified atom stereocenters. The Morgan fingerprint density at radius 2 is 2.43 bits per heavy atom. The van der Waals surface area contributed by atoms with Crippen molar-refractivity contribution >= 4 is 11.7 Å². The zero-order valence-electron chi connectivity index (χ0n) is 8.01. The van der Waals surface area contributed by atoms with Gasteiger partial charge in [0.1, 0.15) is 5.65 Å². The summed E-state index contributed by atoms with van der Waals surface area (Å²) in [6.07, 6.45) is 5.77. The first kappa shape index (κ1) is 8.97. The van der Waals surface area contributed by atoms with Gasteiger partial charge in [-0.05, 0) is 30.7 Å². The molecular weight excluding hydrogens is 176 g/mol. The van der Waals surface area contributed by atoms with E-state index in [1.165, 1.54) is 0 Å². The van der Waals surface area contributed by atoms with E-state index in [1.54, 1.807) is 0 Å². The molecule has 0 radical (unpaired) electrons. The Labute approximate surface area is 82.3 Å². The van der Waals surface area contributed by atoms with Gasteiger partial charge in [-0.25, -0.2) is 4.98 Å². The van der Waals surface area contributed by atoms with Crippen LogP contribution in [0.3, 0.4) is 0 Å². The maximum atomic E-state index is 8.87. The molecule has 3 heteroatoms. The molecule has 0 spiro atoms. The lowest BCUT2D eigenvalue weighted by molar-refractivity contribution is 0.332. The minimum Gasteiger partial charge on any atom is -0.392 e. The van der Waals surface area contributed by atoms with Crippen molar-refractivity contribution in [2.45, 2.75) is 6.92 Å². The van der Waals surface area contributed by atoms with Crippen molar-refractivity contribution < 1.29 is 5.11 Å². The van der Waals surface area contributed by atoms with Gasteiger partial charge in [0, 0.05) is 12.4 Å². The minimum absolute atomic E-state index is 0.0773. The van der Waals surface area contributed by atoms with Crippen LogP contribution in [0.2, 0.25) is 0 Å². The number of hydrogen-bond donors (Lipinski definition) is 1. The lowest BCUT2D eigenvalue weighted by Crippen LogP contribution is -1.83. The number of imidazole rings is 1. The summed E-state index contributed by atoms with van der Waals surface area (Å²) in [6, 6.07) is 5.86. The quantitative estimate of drug-likeness (QED) is 0.779. The maximum absolute atomic E-state index is 8.87. The number of pyridine rings is 1. The fourth-order valence-electron chi connectivity index (χ4n) is 1.32. The summed E-state index contributed by atoms with van der Waals surface area (Å²) < 4.78 is 1.95. The molecule has 0 saturated carbocycles. The maximum Gasteiger partial charge on any atom is 0.137 e. The highest BCUT2D eigenvalue weighted by atomic mass is 16.3. The Morgan fingerprint density at radius 3 is 3.14 bits per heavy atom. The van der Waals surface area contributed by atoms with E-state index < -0.39 is 0 Å². The molecule has 2 heterocycles. The van der Waals surface area contributed by atoms with Gasteiger partial charge >= 0.3 is 0 Å². The van der Waals surface area contributed by atoms with Gasteiger partial charge in [-0.3, -0.25) is 0 Å². The molecular formula is C11H12N2O. The van der Waals surface area contributed by atoms with Gasteiger partial charge < -0.3 is 9.51 Å². The van der Waals surface area contributed by atoms with Crippen molar-refractivity contribution in [2.24, 2.45) is 0 Å². The Bertz CT molecular complexity index is 438. The van der Waals surface area contributed by atoms with E-state index in [4.69, 9.17) is 5.11 Å². The van der Waals surface area contributed by atoms with Crippen molar-refractivity contribution in [3.63, 3.8) is 0 Å². The van der Waals surface area contributed by atoms with E-state index in [9.17, 15) is 0 Å². The molecule has 0 bridgehead atoms. The third kappa shape index (κ3) is 1.67. The predicted molar refractivity (Wildman–Crippen MR) is 55.9 cm³/mol. The highest BCUT2D eigenvalue weighted by Gasteiger charge is 1.97. The van der Waals surface area contributed by atoms with E-state index in [1.807, 2.05) is 48.0 Å². The van der Waals surface area contributed by atoms with Crippen LogP contribution in [-0.2, 0) is 0 Å². The van der Waals surface area contributed by atoms with Crippen LogP contribution in [0.25, 0.3) is 11.7 Å². The SMILES string of the molecule is CC(=Cc1cn2ccccc2n1)CO. The van der Waals surface area contributed by atoms with Gasteiger partial charge in [0.25, 0.3) is 0 Å². The average molecular weight is 188 g/mol. The molecule has 0 saturated heterocycles. The molecule has 2 aromatic rings. The average Bonchev–Trinajstić information content (AvgIpc) is 2.59. The number of fused-ring (bicyclic) bond motifs is 1. The van der Waals surface area contributed by atoms with E-state index in [0.29, 0.717) is 0 Å². The van der Waals surface area contributed by atoms with Crippen molar-refractivity contribution in [3.05, 3.63) is 41.9 Å². The van der Waals surface area contributed by atoms with Gasteiger partial charge in [0.05, 0.1) is 12.3 Å². The second-order valence-electron chi connectivity index (χ2n) is 3.28. The molecule has 0 fully saturated rings. The lowest BCUT2D eigenvalue weighted by atomic mass is 10.3. The first-order valence-electron chi connectivity index (χ1n) is 4.51. The van der Waals surface area contributed by atoms with E-state index in [-0.39, 0.29) is 6.61 Å². The smallest absolute Gasteiger partial charge is 0.137 e. The lowest BCUT2D eigenvalue weighted by Gasteiger charge is -1.89. The number of hydrogen-bond acceptors (Lipinski definition) is 2. The molecule has 0 aliphatic carbocycles. The number of nitrogens with zero attached hydrogens (tertiary/aromatic N) is 2. The second-order valence-corrected chi connectivity index (χ2v) is 3.28. The van der Waals surface area contributed by atoms with Gasteiger partial charge in [-0.15, -0.1) is 0 Å².